The van der Waals surface area contributed by atoms with Crippen LogP contribution in [0.1, 0.15) is 21.6 Å². The Labute approximate surface area is 179 Å². The summed E-state index contributed by atoms with van der Waals surface area (Å²) in [5, 5.41) is 20.6. The van der Waals surface area contributed by atoms with Crippen LogP contribution in [-0.4, -0.2) is 33.2 Å². The first-order chi connectivity index (χ1) is 14.5. The zero-order chi connectivity index (χ0) is 21.3. The number of fused-ring (bicyclic) bond motifs is 1. The van der Waals surface area contributed by atoms with Crippen molar-refractivity contribution in [2.24, 2.45) is 7.05 Å². The van der Waals surface area contributed by atoms with Crippen LogP contribution >= 0.6 is 22.7 Å². The number of nitrogens with one attached hydrogen (secondary N) is 1. The lowest BCUT2D eigenvalue weighted by molar-refractivity contribution is -0.119. The average Bonchev–Trinajstić information content (AvgIpc) is 3.47. The fourth-order valence-corrected chi connectivity index (χ4v) is 4.46. The van der Waals surface area contributed by atoms with Crippen molar-refractivity contribution in [1.29, 1.82) is 5.26 Å². The van der Waals surface area contributed by atoms with Crippen molar-refractivity contribution in [2.75, 3.05) is 11.9 Å². The second kappa shape index (κ2) is 8.06. The van der Waals surface area contributed by atoms with Crippen LogP contribution in [0.3, 0.4) is 0 Å². The number of hydrogen-bond acceptors (Lipinski definition) is 8. The van der Waals surface area contributed by atoms with E-state index in [1.807, 2.05) is 23.6 Å². The molecule has 1 N–H and O–H groups in total. The van der Waals surface area contributed by atoms with Crippen molar-refractivity contribution in [3.8, 4) is 16.6 Å². The topological polar surface area (TPSA) is 110 Å². The molecular weight excluding hydrogens is 422 g/mol. The molecule has 10 heteroatoms. The molecule has 0 aliphatic heterocycles. The Morgan fingerprint density at radius 2 is 2.13 bits per heavy atom. The summed E-state index contributed by atoms with van der Waals surface area (Å²) in [7, 11) is 1.76. The number of nitrogens with zero attached hydrogens (tertiary/aromatic N) is 4. The molecule has 30 heavy (non-hydrogen) atoms. The van der Waals surface area contributed by atoms with Gasteiger partial charge in [-0.05, 0) is 35.9 Å². The van der Waals surface area contributed by atoms with E-state index in [9.17, 15) is 9.59 Å². The lowest BCUT2D eigenvalue weighted by Crippen LogP contribution is -2.21. The zero-order valence-corrected chi connectivity index (χ0v) is 17.6. The number of rotatable bonds is 5. The Hall–Kier alpha value is -3.55. The van der Waals surface area contributed by atoms with Crippen molar-refractivity contribution in [1.82, 2.24) is 14.8 Å². The molecule has 0 unspecified atom stereocenters. The van der Waals surface area contributed by atoms with Gasteiger partial charge in [0, 0.05) is 7.05 Å². The third-order valence-corrected chi connectivity index (χ3v) is 6.06. The summed E-state index contributed by atoms with van der Waals surface area (Å²) in [6.07, 6.45) is 0. The first kappa shape index (κ1) is 19.8. The van der Waals surface area contributed by atoms with E-state index in [0.717, 1.165) is 4.88 Å². The molecule has 4 aromatic heterocycles. The van der Waals surface area contributed by atoms with E-state index in [1.165, 1.54) is 22.7 Å². The summed E-state index contributed by atoms with van der Waals surface area (Å²) < 4.78 is 6.88. The van der Waals surface area contributed by atoms with Crippen LogP contribution in [0.5, 0.6) is 0 Å². The van der Waals surface area contributed by atoms with Gasteiger partial charge in [-0.15, -0.1) is 22.7 Å². The summed E-state index contributed by atoms with van der Waals surface area (Å²) in [5.41, 5.74) is 2.50. The normalized spacial score (nSPS) is 10.7. The van der Waals surface area contributed by atoms with E-state index in [4.69, 9.17) is 10.00 Å². The number of pyridine rings is 1. The number of aromatic nitrogens is 3. The van der Waals surface area contributed by atoms with E-state index in [0.29, 0.717) is 38.5 Å². The van der Waals surface area contributed by atoms with Gasteiger partial charge in [-0.1, -0.05) is 6.07 Å². The van der Waals surface area contributed by atoms with Crippen molar-refractivity contribution < 1.29 is 14.3 Å². The number of thiophene rings is 2. The zero-order valence-electron chi connectivity index (χ0n) is 16.0. The third-order valence-electron chi connectivity index (χ3n) is 4.34. The average molecular weight is 438 g/mol. The number of aryl methyl sites for hydroxylation is 2. The Morgan fingerprint density at radius 1 is 1.30 bits per heavy atom. The molecule has 0 saturated heterocycles. The number of ether oxygens (including phenoxy) is 1. The van der Waals surface area contributed by atoms with Gasteiger partial charge in [0.1, 0.15) is 11.1 Å². The van der Waals surface area contributed by atoms with Gasteiger partial charge in [-0.2, -0.15) is 10.4 Å². The van der Waals surface area contributed by atoms with Gasteiger partial charge < -0.3 is 10.1 Å². The number of carbonyl (C=O) groups excluding carboxylic acids is 2. The second-order valence-electron chi connectivity index (χ2n) is 6.34. The summed E-state index contributed by atoms with van der Waals surface area (Å²) in [5.74, 6) is -1.16. The maximum Gasteiger partial charge on any atom is 0.339 e. The van der Waals surface area contributed by atoms with E-state index in [-0.39, 0.29) is 0 Å². The molecule has 150 valence electrons. The standard InChI is InChI=1S/C20H15N5O3S2/c1-11-17-13(8-14(15-4-3-6-29-15)22-18(17)25(2)24-11)20(27)28-10-16(26)23-19-12(9-21)5-7-30-19/h3-8H,10H2,1-2H3,(H,23,26). The predicted molar refractivity (Wildman–Crippen MR) is 115 cm³/mol. The predicted octanol–water partition coefficient (Wildman–Crippen LogP) is 3.73. The van der Waals surface area contributed by atoms with E-state index in [1.54, 1.807) is 36.2 Å². The highest BCUT2D eigenvalue weighted by atomic mass is 32.1. The number of anilines is 1. The third kappa shape index (κ3) is 3.68. The minimum atomic E-state index is -0.641. The molecule has 0 aliphatic rings. The fraction of sp³-hybridized carbons (Fsp3) is 0.150. The monoisotopic (exact) mass is 437 g/mol. The fourth-order valence-electron chi connectivity index (χ4n) is 3.02. The molecule has 4 rings (SSSR count). The lowest BCUT2D eigenvalue weighted by atomic mass is 10.1. The lowest BCUT2D eigenvalue weighted by Gasteiger charge is -2.08. The summed E-state index contributed by atoms with van der Waals surface area (Å²) in [4.78, 5) is 30.6. The summed E-state index contributed by atoms with van der Waals surface area (Å²) >= 11 is 2.73. The molecule has 0 aromatic carbocycles. The number of carbonyl (C=O) groups is 2. The summed E-state index contributed by atoms with van der Waals surface area (Å²) in [6, 6.07) is 9.08. The van der Waals surface area contributed by atoms with Gasteiger partial charge in [-0.3, -0.25) is 9.48 Å². The molecule has 0 saturated carbocycles. The van der Waals surface area contributed by atoms with Gasteiger partial charge in [0.15, 0.2) is 12.3 Å². The minimum Gasteiger partial charge on any atom is -0.452 e. The second-order valence-corrected chi connectivity index (χ2v) is 8.20. The van der Waals surface area contributed by atoms with Crippen molar-refractivity contribution in [3.05, 3.63) is 51.8 Å². The number of amides is 1. The molecule has 8 nitrogen and oxygen atoms in total. The van der Waals surface area contributed by atoms with E-state index < -0.39 is 18.5 Å². The first-order valence-corrected chi connectivity index (χ1v) is 10.6. The minimum absolute atomic E-state index is 0.302. The number of esters is 1. The molecule has 0 spiro atoms. The molecule has 4 heterocycles. The van der Waals surface area contributed by atoms with Crippen molar-refractivity contribution >= 4 is 50.6 Å². The Bertz CT molecular complexity index is 1300. The highest BCUT2D eigenvalue weighted by molar-refractivity contribution is 7.14. The highest BCUT2D eigenvalue weighted by Gasteiger charge is 2.21. The highest BCUT2D eigenvalue weighted by Crippen LogP contribution is 2.29. The van der Waals surface area contributed by atoms with Crippen LogP contribution in [0.15, 0.2) is 35.0 Å². The number of nitriles is 1. The Balaban J connectivity index is 1.59. The maximum atomic E-state index is 12.9. The van der Waals surface area contributed by atoms with Crippen LogP contribution in [0.2, 0.25) is 0 Å². The molecular formula is C20H15N5O3S2. The van der Waals surface area contributed by atoms with Crippen LogP contribution in [-0.2, 0) is 16.6 Å². The molecule has 1 amide bonds. The van der Waals surface area contributed by atoms with Crippen LogP contribution in [0, 0.1) is 18.3 Å². The van der Waals surface area contributed by atoms with Gasteiger partial charge in [-0.25, -0.2) is 9.78 Å². The van der Waals surface area contributed by atoms with Crippen LogP contribution in [0.4, 0.5) is 5.00 Å². The van der Waals surface area contributed by atoms with Gasteiger partial charge >= 0.3 is 5.97 Å². The quantitative estimate of drug-likeness (QED) is 0.476. The SMILES string of the molecule is Cc1nn(C)c2nc(-c3cccs3)cc(C(=O)OCC(=O)Nc3sccc3C#N)c12. The maximum absolute atomic E-state index is 12.9. The molecule has 0 radical (unpaired) electrons. The van der Waals surface area contributed by atoms with Gasteiger partial charge in [0.25, 0.3) is 5.91 Å². The van der Waals surface area contributed by atoms with Crippen molar-refractivity contribution in [3.63, 3.8) is 0 Å². The van der Waals surface area contributed by atoms with Crippen LogP contribution in [0.25, 0.3) is 21.6 Å². The smallest absolute Gasteiger partial charge is 0.339 e. The molecule has 0 bridgehead atoms. The van der Waals surface area contributed by atoms with Gasteiger partial charge in [0.05, 0.1) is 32.8 Å². The molecule has 0 fully saturated rings. The van der Waals surface area contributed by atoms with Crippen molar-refractivity contribution in [2.45, 2.75) is 6.92 Å². The largest absolute Gasteiger partial charge is 0.452 e. The van der Waals surface area contributed by atoms with E-state index >= 15 is 0 Å². The number of hydrogen-bond donors (Lipinski definition) is 1. The molecule has 0 aliphatic carbocycles. The molecule has 0 atom stereocenters. The Morgan fingerprint density at radius 3 is 2.87 bits per heavy atom. The van der Waals surface area contributed by atoms with E-state index in [2.05, 4.69) is 15.4 Å². The molecule has 4 aromatic rings. The Kier molecular flexibility index (Phi) is 5.31. The summed E-state index contributed by atoms with van der Waals surface area (Å²) in [6.45, 7) is 1.32. The van der Waals surface area contributed by atoms with Crippen LogP contribution < -0.4 is 5.32 Å². The van der Waals surface area contributed by atoms with Gasteiger partial charge in [0.2, 0.25) is 0 Å². The first-order valence-electron chi connectivity index (χ1n) is 8.80.